The molecule has 2 atom stereocenters. The third-order valence-electron chi connectivity index (χ3n) is 4.07. The van der Waals surface area contributed by atoms with Gasteiger partial charge in [-0.25, -0.2) is 0 Å². The van der Waals surface area contributed by atoms with Gasteiger partial charge in [0.1, 0.15) is 5.75 Å². The molecule has 1 aromatic carbocycles. The number of aromatic nitrogens is 1. The molecular weight excluding hydrogens is 328 g/mol. The first-order chi connectivity index (χ1) is 10.3. The normalized spacial score (nSPS) is 18.7. The lowest BCUT2D eigenvalue weighted by atomic mass is 9.88. The van der Waals surface area contributed by atoms with Crippen molar-refractivity contribution < 1.29 is 4.74 Å². The maximum Gasteiger partial charge on any atom is 0.122 e. The monoisotopic (exact) mass is 346 g/mol. The van der Waals surface area contributed by atoms with Crippen LogP contribution in [0.2, 0.25) is 0 Å². The van der Waals surface area contributed by atoms with Crippen molar-refractivity contribution in [1.82, 2.24) is 10.3 Å². The van der Waals surface area contributed by atoms with Crippen LogP contribution in [0.25, 0.3) is 0 Å². The maximum atomic E-state index is 5.91. The standard InChI is InChI=1S/C17H19BrN2O/c1-19-16(9-15-7-6-14(18)10-20-15)13-8-12-4-2-3-5-17(12)21-11-13/h2-7,10,13,16,19H,8-9,11H2,1H3. The third kappa shape index (κ3) is 3.44. The van der Waals surface area contributed by atoms with E-state index in [9.17, 15) is 0 Å². The molecule has 2 aromatic rings. The molecule has 21 heavy (non-hydrogen) atoms. The van der Waals surface area contributed by atoms with Gasteiger partial charge in [-0.3, -0.25) is 4.98 Å². The Morgan fingerprint density at radius 2 is 2.19 bits per heavy atom. The van der Waals surface area contributed by atoms with E-state index >= 15 is 0 Å². The van der Waals surface area contributed by atoms with Gasteiger partial charge in [0, 0.05) is 34.7 Å². The minimum absolute atomic E-state index is 0.368. The van der Waals surface area contributed by atoms with Gasteiger partial charge >= 0.3 is 0 Å². The molecule has 2 heterocycles. The molecule has 0 spiro atoms. The van der Waals surface area contributed by atoms with Gasteiger partial charge < -0.3 is 10.1 Å². The lowest BCUT2D eigenvalue weighted by Gasteiger charge is -2.31. The Labute approximate surface area is 133 Å². The summed E-state index contributed by atoms with van der Waals surface area (Å²) in [5, 5.41) is 3.43. The van der Waals surface area contributed by atoms with Gasteiger partial charge in [-0.2, -0.15) is 0 Å². The molecule has 0 amide bonds. The van der Waals surface area contributed by atoms with E-state index in [2.05, 4.69) is 50.5 Å². The fourth-order valence-corrected chi connectivity index (χ4v) is 3.10. The second-order valence-electron chi connectivity index (χ2n) is 5.45. The van der Waals surface area contributed by atoms with E-state index in [1.807, 2.05) is 25.4 Å². The van der Waals surface area contributed by atoms with Crippen LogP contribution in [0.4, 0.5) is 0 Å². The Morgan fingerprint density at radius 3 is 2.95 bits per heavy atom. The highest BCUT2D eigenvalue weighted by molar-refractivity contribution is 9.10. The van der Waals surface area contributed by atoms with Crippen LogP contribution in [-0.2, 0) is 12.8 Å². The summed E-state index contributed by atoms with van der Waals surface area (Å²) in [4.78, 5) is 4.48. The summed E-state index contributed by atoms with van der Waals surface area (Å²) >= 11 is 3.43. The van der Waals surface area contributed by atoms with Gasteiger partial charge in [-0.15, -0.1) is 0 Å². The number of hydrogen-bond donors (Lipinski definition) is 1. The van der Waals surface area contributed by atoms with Crippen molar-refractivity contribution in [2.75, 3.05) is 13.7 Å². The minimum atomic E-state index is 0.368. The van der Waals surface area contributed by atoms with Crippen molar-refractivity contribution in [3.8, 4) is 5.75 Å². The molecule has 1 aromatic heterocycles. The average molecular weight is 347 g/mol. The number of rotatable bonds is 4. The third-order valence-corrected chi connectivity index (χ3v) is 4.53. The number of hydrogen-bond acceptors (Lipinski definition) is 3. The number of fused-ring (bicyclic) bond motifs is 1. The van der Waals surface area contributed by atoms with Crippen molar-refractivity contribution in [2.24, 2.45) is 5.92 Å². The van der Waals surface area contributed by atoms with Crippen molar-refractivity contribution in [2.45, 2.75) is 18.9 Å². The fourth-order valence-electron chi connectivity index (χ4n) is 2.87. The highest BCUT2D eigenvalue weighted by Gasteiger charge is 2.26. The number of ether oxygens (including phenoxy) is 1. The number of para-hydroxylation sites is 1. The summed E-state index contributed by atoms with van der Waals surface area (Å²) in [5.74, 6) is 1.50. The summed E-state index contributed by atoms with van der Waals surface area (Å²) in [7, 11) is 2.02. The Morgan fingerprint density at radius 1 is 1.33 bits per heavy atom. The van der Waals surface area contributed by atoms with Crippen molar-refractivity contribution in [3.63, 3.8) is 0 Å². The number of likely N-dealkylation sites (N-methyl/N-ethyl adjacent to an activating group) is 1. The van der Waals surface area contributed by atoms with Crippen LogP contribution in [0.1, 0.15) is 11.3 Å². The lowest BCUT2D eigenvalue weighted by Crippen LogP contribution is -2.41. The van der Waals surface area contributed by atoms with Crippen LogP contribution in [-0.4, -0.2) is 24.7 Å². The van der Waals surface area contributed by atoms with E-state index in [0.717, 1.165) is 35.4 Å². The van der Waals surface area contributed by atoms with Crippen LogP contribution < -0.4 is 10.1 Å². The molecule has 1 aliphatic heterocycles. The second-order valence-corrected chi connectivity index (χ2v) is 6.37. The number of nitrogens with zero attached hydrogens (tertiary/aromatic N) is 1. The van der Waals surface area contributed by atoms with Crippen LogP contribution in [0.15, 0.2) is 47.1 Å². The predicted molar refractivity (Wildman–Crippen MR) is 87.6 cm³/mol. The van der Waals surface area contributed by atoms with E-state index in [0.29, 0.717) is 12.0 Å². The fraction of sp³-hybridized carbons (Fsp3) is 0.353. The largest absolute Gasteiger partial charge is 0.493 e. The SMILES string of the molecule is CNC(Cc1ccc(Br)cn1)C1COc2ccccc2C1. The van der Waals surface area contributed by atoms with Crippen LogP contribution >= 0.6 is 15.9 Å². The van der Waals surface area contributed by atoms with Gasteiger partial charge in [0.05, 0.1) is 6.61 Å². The Kier molecular flexibility index (Phi) is 4.56. The molecule has 0 fully saturated rings. The maximum absolute atomic E-state index is 5.91. The summed E-state index contributed by atoms with van der Waals surface area (Å²) in [6.07, 6.45) is 3.83. The molecule has 0 saturated carbocycles. The zero-order chi connectivity index (χ0) is 14.7. The Hall–Kier alpha value is -1.39. The molecule has 0 radical (unpaired) electrons. The highest BCUT2D eigenvalue weighted by Crippen LogP contribution is 2.29. The quantitative estimate of drug-likeness (QED) is 0.922. The summed E-state index contributed by atoms with van der Waals surface area (Å²) < 4.78 is 6.92. The molecule has 0 bridgehead atoms. The van der Waals surface area contributed by atoms with Gasteiger partial charge in [0.25, 0.3) is 0 Å². The summed E-state index contributed by atoms with van der Waals surface area (Å²) in [5.41, 5.74) is 2.41. The van der Waals surface area contributed by atoms with Gasteiger partial charge in [0.2, 0.25) is 0 Å². The zero-order valence-electron chi connectivity index (χ0n) is 12.1. The molecular formula is C17H19BrN2O. The van der Waals surface area contributed by atoms with Crippen molar-refractivity contribution in [3.05, 3.63) is 58.3 Å². The number of halogens is 1. The number of nitrogens with one attached hydrogen (secondary N) is 1. The summed E-state index contributed by atoms with van der Waals surface area (Å²) in [6, 6.07) is 12.8. The van der Waals surface area contributed by atoms with Crippen molar-refractivity contribution in [1.29, 1.82) is 0 Å². The molecule has 0 aliphatic carbocycles. The van der Waals surface area contributed by atoms with E-state index in [-0.39, 0.29) is 0 Å². The average Bonchev–Trinajstić information content (AvgIpc) is 2.54. The Balaban J connectivity index is 1.71. The lowest BCUT2D eigenvalue weighted by molar-refractivity contribution is 0.186. The molecule has 110 valence electrons. The van der Waals surface area contributed by atoms with Gasteiger partial charge in [0.15, 0.2) is 0 Å². The molecule has 4 heteroatoms. The molecule has 3 nitrogen and oxygen atoms in total. The van der Waals surface area contributed by atoms with Crippen molar-refractivity contribution >= 4 is 15.9 Å². The molecule has 2 unspecified atom stereocenters. The number of pyridine rings is 1. The predicted octanol–water partition coefficient (Wildman–Crippen LogP) is 3.23. The second kappa shape index (κ2) is 6.58. The van der Waals surface area contributed by atoms with Gasteiger partial charge in [-0.1, -0.05) is 18.2 Å². The Bertz CT molecular complexity index is 600. The van der Waals surface area contributed by atoms with Crippen LogP contribution in [0.5, 0.6) is 5.75 Å². The topological polar surface area (TPSA) is 34.2 Å². The highest BCUT2D eigenvalue weighted by atomic mass is 79.9. The minimum Gasteiger partial charge on any atom is -0.493 e. The van der Waals surface area contributed by atoms with Crippen LogP contribution in [0, 0.1) is 5.92 Å². The molecule has 1 N–H and O–H groups in total. The van der Waals surface area contributed by atoms with Gasteiger partial charge in [-0.05, 0) is 53.2 Å². The molecule has 1 aliphatic rings. The van der Waals surface area contributed by atoms with E-state index in [1.54, 1.807) is 0 Å². The smallest absolute Gasteiger partial charge is 0.122 e. The summed E-state index contributed by atoms with van der Waals surface area (Å²) in [6.45, 7) is 0.763. The van der Waals surface area contributed by atoms with E-state index in [4.69, 9.17) is 4.74 Å². The zero-order valence-corrected chi connectivity index (χ0v) is 13.6. The van der Waals surface area contributed by atoms with Crippen LogP contribution in [0.3, 0.4) is 0 Å². The first kappa shape index (κ1) is 14.5. The van der Waals surface area contributed by atoms with E-state index < -0.39 is 0 Å². The molecule has 3 rings (SSSR count). The van der Waals surface area contributed by atoms with E-state index in [1.165, 1.54) is 5.56 Å². The first-order valence-corrected chi connectivity index (χ1v) is 8.04. The first-order valence-electron chi connectivity index (χ1n) is 7.24. The number of benzene rings is 1. The molecule has 0 saturated heterocycles.